The van der Waals surface area contributed by atoms with Crippen LogP contribution in [0, 0.1) is 41.0 Å². The molecule has 0 fully saturated rings. The second kappa shape index (κ2) is 12.9. The number of nitro groups is 2. The van der Waals surface area contributed by atoms with Crippen LogP contribution in [0.15, 0.2) is 93.9 Å². The number of esters is 1. The summed E-state index contributed by atoms with van der Waals surface area (Å²) in [6, 6.07) is 19.9. The highest BCUT2D eigenvalue weighted by molar-refractivity contribution is 7.07. The van der Waals surface area contributed by atoms with Crippen LogP contribution in [0.3, 0.4) is 0 Å². The molecule has 1 atom stereocenters. The first-order valence-electron chi connectivity index (χ1n) is 15.4. The van der Waals surface area contributed by atoms with Crippen molar-refractivity contribution < 1.29 is 19.4 Å². The van der Waals surface area contributed by atoms with Gasteiger partial charge in [-0.2, -0.15) is 0 Å². The van der Waals surface area contributed by atoms with Gasteiger partial charge in [0.1, 0.15) is 0 Å². The molecule has 49 heavy (non-hydrogen) atoms. The zero-order valence-electron chi connectivity index (χ0n) is 27.3. The Balaban J connectivity index is 1.43. The summed E-state index contributed by atoms with van der Waals surface area (Å²) in [5, 5.41) is 22.9. The predicted molar refractivity (Wildman–Crippen MR) is 186 cm³/mol. The predicted octanol–water partition coefficient (Wildman–Crippen LogP) is 6.00. The van der Waals surface area contributed by atoms with Gasteiger partial charge in [-0.3, -0.25) is 29.6 Å². The maximum Gasteiger partial charge on any atom is 0.338 e. The van der Waals surface area contributed by atoms with Gasteiger partial charge < -0.3 is 9.30 Å². The van der Waals surface area contributed by atoms with Crippen molar-refractivity contribution in [3.63, 3.8) is 0 Å². The van der Waals surface area contributed by atoms with E-state index in [0.717, 1.165) is 33.8 Å². The molecule has 0 radical (unpaired) electrons. The van der Waals surface area contributed by atoms with Crippen molar-refractivity contribution in [1.29, 1.82) is 0 Å². The molecule has 0 aliphatic carbocycles. The second-order valence-electron chi connectivity index (χ2n) is 11.6. The Kier molecular flexibility index (Phi) is 8.69. The lowest BCUT2D eigenvalue weighted by atomic mass is 9.94. The van der Waals surface area contributed by atoms with Crippen molar-refractivity contribution in [2.45, 2.75) is 40.7 Å². The highest BCUT2D eigenvalue weighted by Gasteiger charge is 2.34. The molecular weight excluding hydrogens is 646 g/mol. The van der Waals surface area contributed by atoms with Gasteiger partial charge in [0.05, 0.1) is 38.3 Å². The van der Waals surface area contributed by atoms with Crippen molar-refractivity contribution in [3.05, 3.63) is 152 Å². The average Bonchev–Trinajstić information content (AvgIpc) is 3.53. The van der Waals surface area contributed by atoms with E-state index >= 15 is 0 Å². The molecule has 5 aromatic rings. The zero-order valence-corrected chi connectivity index (χ0v) is 28.1. The number of aromatic nitrogens is 2. The monoisotopic (exact) mass is 677 g/mol. The molecule has 0 spiro atoms. The summed E-state index contributed by atoms with van der Waals surface area (Å²) in [6.45, 7) is 9.01. The van der Waals surface area contributed by atoms with Crippen LogP contribution in [0.4, 0.5) is 11.4 Å². The number of ether oxygens (including phenoxy) is 1. The summed E-state index contributed by atoms with van der Waals surface area (Å²) in [6.07, 6.45) is 1.80. The lowest BCUT2D eigenvalue weighted by Gasteiger charge is -2.24. The number of hydrogen-bond acceptors (Lipinski definition) is 9. The van der Waals surface area contributed by atoms with E-state index in [1.54, 1.807) is 51.1 Å². The number of rotatable bonds is 8. The molecule has 0 saturated heterocycles. The maximum atomic E-state index is 14.2. The molecule has 1 aliphatic rings. The molecule has 248 valence electrons. The van der Waals surface area contributed by atoms with Crippen LogP contribution in [0.1, 0.15) is 48.0 Å². The van der Waals surface area contributed by atoms with E-state index in [1.165, 1.54) is 34.1 Å². The highest BCUT2D eigenvalue weighted by atomic mass is 32.1. The number of carbonyl (C=O) groups is 1. The molecule has 3 heterocycles. The third-order valence-corrected chi connectivity index (χ3v) is 9.54. The number of nitrogens with zero attached hydrogens (tertiary/aromatic N) is 5. The van der Waals surface area contributed by atoms with Gasteiger partial charge in [0.15, 0.2) is 4.80 Å². The second-order valence-corrected chi connectivity index (χ2v) is 12.6. The van der Waals surface area contributed by atoms with Gasteiger partial charge in [0.2, 0.25) is 0 Å². The first-order chi connectivity index (χ1) is 23.4. The molecule has 0 bridgehead atoms. The lowest BCUT2D eigenvalue weighted by molar-refractivity contribution is -0.385. The first kappa shape index (κ1) is 33.0. The summed E-state index contributed by atoms with van der Waals surface area (Å²) in [4.78, 5) is 54.3. The normalized spacial score (nSPS) is 14.4. The van der Waals surface area contributed by atoms with Crippen LogP contribution >= 0.6 is 11.3 Å². The Labute approximate surface area is 283 Å². The summed E-state index contributed by atoms with van der Waals surface area (Å²) >= 11 is 1.18. The van der Waals surface area contributed by atoms with E-state index in [2.05, 4.69) is 9.56 Å². The molecule has 13 heteroatoms. The van der Waals surface area contributed by atoms with Gasteiger partial charge in [0, 0.05) is 40.8 Å². The molecule has 0 amide bonds. The number of allylic oxidation sites excluding steroid dienone is 1. The van der Waals surface area contributed by atoms with Crippen molar-refractivity contribution in [2.75, 3.05) is 6.61 Å². The average molecular weight is 678 g/mol. The maximum absolute atomic E-state index is 14.2. The Morgan fingerprint density at radius 2 is 1.59 bits per heavy atom. The van der Waals surface area contributed by atoms with Crippen LogP contribution in [0.25, 0.3) is 22.9 Å². The Morgan fingerprint density at radius 3 is 2.20 bits per heavy atom. The van der Waals surface area contributed by atoms with Crippen LogP contribution in [0.5, 0.6) is 0 Å². The zero-order chi connectivity index (χ0) is 35.1. The van der Waals surface area contributed by atoms with E-state index in [9.17, 15) is 29.8 Å². The molecule has 0 saturated carbocycles. The minimum absolute atomic E-state index is 0.0307. The van der Waals surface area contributed by atoms with Crippen LogP contribution < -0.4 is 14.9 Å². The van der Waals surface area contributed by atoms with Gasteiger partial charge in [-0.25, -0.2) is 9.79 Å². The standard InChI is InChI=1S/C36H31N5O7S/c1-6-48-35(43)32-22(4)37-36-39(33(32)26-8-7-20(2)30(18-26)41(46)47)34(42)31(49-36)19-27-17-21(3)38(23(27)5)28-13-9-24(10-14-28)25-11-15-29(16-12-25)40(44)45/h7-19,33H,6H2,1-5H3/b31-19+/t33-/m1/s1. The van der Waals surface area contributed by atoms with Crippen molar-refractivity contribution in [3.8, 4) is 16.8 Å². The SMILES string of the molecule is CCOC(=O)C1=C(C)N=c2s/c(=C/c3cc(C)n(-c4ccc(-c5ccc([N+](=O)[O-])cc5)cc4)c3C)c(=O)n2[C@@H]1c1ccc(C)c([N+](=O)[O-])c1. The van der Waals surface area contributed by atoms with Crippen molar-refractivity contribution in [1.82, 2.24) is 9.13 Å². The molecule has 0 unspecified atom stereocenters. The Hall–Kier alpha value is -5.95. The molecule has 2 aromatic heterocycles. The Bertz CT molecular complexity index is 2380. The van der Waals surface area contributed by atoms with Crippen LogP contribution in [-0.2, 0) is 9.53 Å². The summed E-state index contributed by atoms with van der Waals surface area (Å²) < 4.78 is 9.22. The molecule has 6 rings (SSSR count). The van der Waals surface area contributed by atoms with Gasteiger partial charge in [-0.05, 0) is 93.3 Å². The third kappa shape index (κ3) is 6.00. The number of thiazole rings is 1. The van der Waals surface area contributed by atoms with E-state index in [4.69, 9.17) is 4.74 Å². The fourth-order valence-corrected chi connectivity index (χ4v) is 7.19. The first-order valence-corrected chi connectivity index (χ1v) is 16.2. The topological polar surface area (TPSA) is 152 Å². The summed E-state index contributed by atoms with van der Waals surface area (Å²) in [5.41, 5.74) is 6.20. The van der Waals surface area contributed by atoms with Gasteiger partial charge >= 0.3 is 5.97 Å². The van der Waals surface area contributed by atoms with E-state index in [1.807, 2.05) is 44.2 Å². The van der Waals surface area contributed by atoms with Gasteiger partial charge in [-0.15, -0.1) is 0 Å². The van der Waals surface area contributed by atoms with E-state index in [0.29, 0.717) is 26.2 Å². The largest absolute Gasteiger partial charge is 0.463 e. The van der Waals surface area contributed by atoms with Crippen molar-refractivity contribution in [2.24, 2.45) is 4.99 Å². The number of carbonyl (C=O) groups excluding carboxylic acids is 1. The van der Waals surface area contributed by atoms with E-state index in [-0.39, 0.29) is 29.1 Å². The number of non-ortho nitro benzene ring substituents is 1. The fourth-order valence-electron chi connectivity index (χ4n) is 6.15. The van der Waals surface area contributed by atoms with Crippen LogP contribution in [0.2, 0.25) is 0 Å². The number of benzene rings is 3. The number of nitro benzene ring substituents is 2. The quantitative estimate of drug-likeness (QED) is 0.111. The highest BCUT2D eigenvalue weighted by Crippen LogP contribution is 2.33. The molecular formula is C36H31N5O7S. The smallest absolute Gasteiger partial charge is 0.338 e. The van der Waals surface area contributed by atoms with Gasteiger partial charge in [0.25, 0.3) is 16.9 Å². The number of hydrogen-bond donors (Lipinski definition) is 0. The number of aryl methyl sites for hydroxylation is 2. The minimum Gasteiger partial charge on any atom is -0.463 e. The third-order valence-electron chi connectivity index (χ3n) is 8.56. The summed E-state index contributed by atoms with van der Waals surface area (Å²) in [5.74, 6) is -0.644. The molecule has 0 N–H and O–H groups in total. The molecule has 1 aliphatic heterocycles. The minimum atomic E-state index is -0.974. The number of fused-ring (bicyclic) bond motifs is 1. The Morgan fingerprint density at radius 1 is 0.939 bits per heavy atom. The van der Waals surface area contributed by atoms with Gasteiger partial charge in [-0.1, -0.05) is 35.6 Å². The van der Waals surface area contributed by atoms with Crippen LogP contribution in [-0.4, -0.2) is 31.6 Å². The van der Waals surface area contributed by atoms with Crippen molar-refractivity contribution >= 4 is 34.8 Å². The summed E-state index contributed by atoms with van der Waals surface area (Å²) in [7, 11) is 0. The lowest BCUT2D eigenvalue weighted by Crippen LogP contribution is -2.40. The van der Waals surface area contributed by atoms with E-state index < -0.39 is 21.9 Å². The fraction of sp³-hybridized carbons (Fsp3) is 0.194. The molecule has 12 nitrogen and oxygen atoms in total. The molecule has 3 aromatic carbocycles.